The highest BCUT2D eigenvalue weighted by Crippen LogP contribution is 2.49. The SMILES string of the molecule is C=C(CC(C)=N)c1cc(C)c(C2CCC(C3CCC(C(=O)c4ccc(C)nc4)CC3)C(CCC)C2)cc1C.CC.CC.CC. The number of aromatic nitrogens is 1. The van der Waals surface area contributed by atoms with Gasteiger partial charge in [0, 0.05) is 35.5 Å². The number of ketones is 1. The lowest BCUT2D eigenvalue weighted by molar-refractivity contribution is 0.0753. The predicted molar refractivity (Wildman–Crippen MR) is 194 cm³/mol. The predicted octanol–water partition coefficient (Wildman–Crippen LogP) is 12.5. The van der Waals surface area contributed by atoms with E-state index in [9.17, 15) is 4.79 Å². The van der Waals surface area contributed by atoms with Gasteiger partial charge in [-0.1, -0.05) is 80.0 Å². The molecule has 3 atom stereocenters. The van der Waals surface area contributed by atoms with E-state index >= 15 is 0 Å². The first-order chi connectivity index (χ1) is 21.2. The zero-order valence-corrected chi connectivity index (χ0v) is 30.4. The van der Waals surface area contributed by atoms with Gasteiger partial charge >= 0.3 is 0 Å². The third kappa shape index (κ3) is 10.8. The third-order valence-electron chi connectivity index (χ3n) is 9.56. The molecule has 0 radical (unpaired) electrons. The van der Waals surface area contributed by atoms with Crippen LogP contribution in [0.4, 0.5) is 0 Å². The molecule has 1 N–H and O–H groups in total. The van der Waals surface area contributed by atoms with Gasteiger partial charge < -0.3 is 5.41 Å². The minimum atomic E-state index is 0.173. The first-order valence-electron chi connectivity index (χ1n) is 18.0. The third-order valence-corrected chi connectivity index (χ3v) is 9.56. The van der Waals surface area contributed by atoms with Gasteiger partial charge in [0.15, 0.2) is 5.78 Å². The maximum atomic E-state index is 13.1. The van der Waals surface area contributed by atoms with E-state index in [-0.39, 0.29) is 5.92 Å². The maximum Gasteiger partial charge on any atom is 0.167 e. The van der Waals surface area contributed by atoms with Gasteiger partial charge in [-0.2, -0.15) is 0 Å². The second kappa shape index (κ2) is 20.5. The number of carbonyl (C=O) groups is 1. The minimum Gasteiger partial charge on any atom is -0.310 e. The second-order valence-corrected chi connectivity index (χ2v) is 12.5. The van der Waals surface area contributed by atoms with E-state index in [1.807, 2.05) is 67.5 Å². The number of allylic oxidation sites excluding steroid dienone is 1. The first-order valence-corrected chi connectivity index (χ1v) is 18.0. The maximum absolute atomic E-state index is 13.1. The highest BCUT2D eigenvalue weighted by molar-refractivity contribution is 5.97. The molecule has 0 amide bonds. The molecule has 3 nitrogen and oxygen atoms in total. The smallest absolute Gasteiger partial charge is 0.167 e. The van der Waals surface area contributed by atoms with Crippen molar-refractivity contribution in [3.63, 3.8) is 0 Å². The van der Waals surface area contributed by atoms with Crippen LogP contribution in [0.3, 0.4) is 0 Å². The normalized spacial score (nSPS) is 22.6. The lowest BCUT2D eigenvalue weighted by Gasteiger charge is -2.43. The van der Waals surface area contributed by atoms with Crippen LogP contribution in [0.15, 0.2) is 37.0 Å². The molecule has 2 fully saturated rings. The number of benzene rings is 1. The minimum absolute atomic E-state index is 0.173. The fourth-order valence-corrected chi connectivity index (χ4v) is 7.63. The molecule has 0 saturated heterocycles. The van der Waals surface area contributed by atoms with E-state index in [2.05, 4.69) is 44.5 Å². The highest BCUT2D eigenvalue weighted by Gasteiger charge is 2.38. The standard InChI is InChI=1S/C35H48N2O.3C2H6/c1-7-8-29-20-30(34-19-23(3)33(18-24(34)4)22(2)17-25(5)36)15-16-32(29)27-11-13-28(14-12-27)35(38)31-10-9-26(6)37-21-31;3*1-2/h9-10,18-19,21,27-30,32,36H,2,7-8,11-17,20H2,1,3-6H3;3*1-2H3. The van der Waals surface area contributed by atoms with E-state index in [0.717, 1.165) is 47.4 Å². The number of nitrogens with zero attached hydrogens (tertiary/aromatic N) is 1. The summed E-state index contributed by atoms with van der Waals surface area (Å²) in [6, 6.07) is 8.67. The molecule has 1 aromatic carbocycles. The van der Waals surface area contributed by atoms with Crippen LogP contribution < -0.4 is 0 Å². The van der Waals surface area contributed by atoms with Crippen molar-refractivity contribution in [2.24, 2.45) is 23.7 Å². The molecule has 1 heterocycles. The molecule has 2 aromatic rings. The molecule has 2 saturated carbocycles. The topological polar surface area (TPSA) is 53.8 Å². The average Bonchev–Trinajstić information content (AvgIpc) is 3.05. The van der Waals surface area contributed by atoms with Crippen LogP contribution in [0.1, 0.15) is 164 Å². The number of hydrogen-bond donors (Lipinski definition) is 1. The number of pyridine rings is 1. The fraction of sp³-hybridized carbons (Fsp3) is 0.634. The Morgan fingerprint density at radius 1 is 0.909 bits per heavy atom. The Bertz CT molecular complexity index is 1150. The van der Waals surface area contributed by atoms with E-state index < -0.39 is 0 Å². The van der Waals surface area contributed by atoms with Crippen molar-refractivity contribution >= 4 is 17.1 Å². The molecule has 3 unspecified atom stereocenters. The molecule has 2 aliphatic carbocycles. The van der Waals surface area contributed by atoms with Gasteiger partial charge in [-0.05, 0) is 136 Å². The van der Waals surface area contributed by atoms with Crippen molar-refractivity contribution in [2.75, 3.05) is 0 Å². The van der Waals surface area contributed by atoms with Crippen LogP contribution in [0.25, 0.3) is 5.57 Å². The number of aryl methyl sites for hydroxylation is 3. The summed E-state index contributed by atoms with van der Waals surface area (Å²) < 4.78 is 0. The van der Waals surface area contributed by atoms with Crippen molar-refractivity contribution in [3.05, 3.63) is 70.6 Å². The fourth-order valence-electron chi connectivity index (χ4n) is 7.63. The van der Waals surface area contributed by atoms with Gasteiger partial charge in [0.05, 0.1) is 0 Å². The molecule has 1 aromatic heterocycles. The summed E-state index contributed by atoms with van der Waals surface area (Å²) in [5.41, 5.74) is 8.93. The number of hydrogen-bond acceptors (Lipinski definition) is 3. The van der Waals surface area contributed by atoms with Crippen LogP contribution >= 0.6 is 0 Å². The largest absolute Gasteiger partial charge is 0.310 e. The van der Waals surface area contributed by atoms with Crippen LogP contribution in [0.5, 0.6) is 0 Å². The molecular weight excluding hydrogens is 536 g/mol. The average molecular weight is 603 g/mol. The molecule has 2 aliphatic rings. The van der Waals surface area contributed by atoms with E-state index in [0.29, 0.717) is 23.8 Å². The first kappa shape index (κ1) is 39.5. The summed E-state index contributed by atoms with van der Waals surface area (Å²) in [7, 11) is 0. The van der Waals surface area contributed by atoms with Crippen LogP contribution in [-0.4, -0.2) is 16.5 Å². The molecule has 0 aliphatic heterocycles. The van der Waals surface area contributed by atoms with Crippen LogP contribution in [0, 0.1) is 49.9 Å². The zero-order chi connectivity index (χ0) is 33.4. The van der Waals surface area contributed by atoms with Crippen LogP contribution in [-0.2, 0) is 0 Å². The van der Waals surface area contributed by atoms with E-state index in [1.54, 1.807) is 6.20 Å². The van der Waals surface area contributed by atoms with Crippen molar-refractivity contribution in [1.29, 1.82) is 5.41 Å². The van der Waals surface area contributed by atoms with E-state index in [4.69, 9.17) is 5.41 Å². The molecule has 44 heavy (non-hydrogen) atoms. The monoisotopic (exact) mass is 603 g/mol. The second-order valence-electron chi connectivity index (χ2n) is 12.5. The summed E-state index contributed by atoms with van der Waals surface area (Å²) >= 11 is 0. The Labute approximate surface area is 272 Å². The Morgan fingerprint density at radius 3 is 2.09 bits per heavy atom. The molecule has 246 valence electrons. The lowest BCUT2D eigenvalue weighted by Crippen LogP contribution is -2.33. The van der Waals surface area contributed by atoms with Crippen molar-refractivity contribution in [1.82, 2.24) is 4.98 Å². The number of rotatable bonds is 9. The number of nitrogens with one attached hydrogen (secondary N) is 1. The summed E-state index contributed by atoms with van der Waals surface area (Å²) in [6.45, 7) is 26.9. The summed E-state index contributed by atoms with van der Waals surface area (Å²) in [5.74, 6) is 3.47. The summed E-state index contributed by atoms with van der Waals surface area (Å²) in [4.78, 5) is 17.4. The Kier molecular flexibility index (Phi) is 18.4. The van der Waals surface area contributed by atoms with Gasteiger partial charge in [-0.15, -0.1) is 0 Å². The van der Waals surface area contributed by atoms with Crippen molar-refractivity contribution in [2.45, 2.75) is 146 Å². The summed E-state index contributed by atoms with van der Waals surface area (Å²) in [5, 5.41) is 7.86. The lowest BCUT2D eigenvalue weighted by atomic mass is 9.62. The van der Waals surface area contributed by atoms with Gasteiger partial charge in [0.1, 0.15) is 0 Å². The number of carbonyl (C=O) groups excluding carboxylic acids is 1. The highest BCUT2D eigenvalue weighted by atomic mass is 16.1. The Morgan fingerprint density at radius 2 is 1.55 bits per heavy atom. The van der Waals surface area contributed by atoms with Gasteiger partial charge in [0.25, 0.3) is 0 Å². The molecule has 0 bridgehead atoms. The van der Waals surface area contributed by atoms with Gasteiger partial charge in [-0.25, -0.2) is 0 Å². The molecular formula is C41H66N2O. The van der Waals surface area contributed by atoms with Crippen molar-refractivity contribution in [3.8, 4) is 0 Å². The van der Waals surface area contributed by atoms with Gasteiger partial charge in [0.2, 0.25) is 0 Å². The van der Waals surface area contributed by atoms with Gasteiger partial charge in [-0.3, -0.25) is 9.78 Å². The summed E-state index contributed by atoms with van der Waals surface area (Å²) in [6.07, 6.45) is 13.4. The van der Waals surface area contributed by atoms with E-state index in [1.165, 1.54) is 67.2 Å². The molecule has 4 rings (SSSR count). The Hall–Kier alpha value is -2.55. The van der Waals surface area contributed by atoms with Crippen LogP contribution in [0.2, 0.25) is 0 Å². The number of Topliss-reactive ketones (excluding diaryl/α,β-unsaturated/α-hetero) is 1. The van der Waals surface area contributed by atoms with Crippen molar-refractivity contribution < 1.29 is 4.79 Å². The quantitative estimate of drug-likeness (QED) is 0.229. The molecule has 3 heteroatoms. The zero-order valence-electron chi connectivity index (χ0n) is 30.4. The Balaban J connectivity index is 0.00000152. The molecule has 0 spiro atoms.